The van der Waals surface area contributed by atoms with Gasteiger partial charge in [-0.2, -0.15) is 0 Å². The molecule has 4 bridgehead atoms. The second-order valence-corrected chi connectivity index (χ2v) is 8.55. The number of alkyl halides is 2. The van der Waals surface area contributed by atoms with Gasteiger partial charge < -0.3 is 0 Å². The highest BCUT2D eigenvalue weighted by Gasteiger charge is 2.49. The van der Waals surface area contributed by atoms with E-state index in [-0.39, 0.29) is 10.3 Å². The quantitative estimate of drug-likeness (QED) is 0.543. The molecule has 0 aromatic heterocycles. The molecule has 0 spiro atoms. The van der Waals surface area contributed by atoms with E-state index in [1.54, 1.807) is 0 Å². The van der Waals surface area contributed by atoms with Crippen LogP contribution in [0.15, 0.2) is 30.3 Å². The molecule has 0 nitrogen and oxygen atoms in total. The molecule has 1 unspecified atom stereocenters. The second-order valence-electron chi connectivity index (χ2n) is 7.10. The SMILES string of the molecule is CC(Cl)c1ccccc1.ClC12CC3CC(CC(C3)C1)C2. The van der Waals surface area contributed by atoms with E-state index in [4.69, 9.17) is 23.2 Å². The Morgan fingerprint density at radius 3 is 1.70 bits per heavy atom. The van der Waals surface area contributed by atoms with Crippen LogP contribution in [0.25, 0.3) is 0 Å². The molecule has 4 saturated carbocycles. The summed E-state index contributed by atoms with van der Waals surface area (Å²) in [4.78, 5) is 0.273. The van der Waals surface area contributed by atoms with Gasteiger partial charge in [0.05, 0.1) is 5.38 Å². The van der Waals surface area contributed by atoms with Gasteiger partial charge in [0.25, 0.3) is 0 Å². The third-order valence-corrected chi connectivity index (χ3v) is 5.94. The molecule has 0 amide bonds. The summed E-state index contributed by atoms with van der Waals surface area (Å²) >= 11 is 12.3. The van der Waals surface area contributed by atoms with Gasteiger partial charge in [-0.05, 0) is 68.8 Å². The Morgan fingerprint density at radius 1 is 0.950 bits per heavy atom. The Labute approximate surface area is 132 Å². The van der Waals surface area contributed by atoms with Crippen molar-refractivity contribution in [1.29, 1.82) is 0 Å². The summed E-state index contributed by atoms with van der Waals surface area (Å²) in [6.07, 6.45) is 8.52. The van der Waals surface area contributed by atoms with Gasteiger partial charge in [-0.15, -0.1) is 23.2 Å². The number of hydrogen-bond acceptors (Lipinski definition) is 0. The van der Waals surface area contributed by atoms with E-state index in [9.17, 15) is 0 Å². The monoisotopic (exact) mass is 310 g/mol. The first-order valence-electron chi connectivity index (χ1n) is 7.92. The van der Waals surface area contributed by atoms with Gasteiger partial charge in [0, 0.05) is 4.87 Å². The molecule has 4 fully saturated rings. The molecule has 2 heteroatoms. The smallest absolute Gasteiger partial charge is 0.0557 e. The first-order chi connectivity index (χ1) is 9.54. The molecular weight excluding hydrogens is 287 g/mol. The fraction of sp³-hybridized carbons (Fsp3) is 0.667. The summed E-state index contributed by atoms with van der Waals surface area (Å²) in [6.45, 7) is 1.97. The lowest BCUT2D eigenvalue weighted by molar-refractivity contribution is 0.0349. The van der Waals surface area contributed by atoms with E-state index < -0.39 is 0 Å². The van der Waals surface area contributed by atoms with E-state index in [2.05, 4.69) is 0 Å². The molecule has 0 aliphatic heterocycles. The third-order valence-electron chi connectivity index (χ3n) is 5.22. The summed E-state index contributed by atoms with van der Waals surface area (Å²) in [6, 6.07) is 10.0. The van der Waals surface area contributed by atoms with E-state index in [1.165, 1.54) is 44.1 Å². The summed E-state index contributed by atoms with van der Waals surface area (Å²) in [5.41, 5.74) is 1.18. The Morgan fingerprint density at radius 2 is 1.40 bits per heavy atom. The predicted molar refractivity (Wildman–Crippen MR) is 87.5 cm³/mol. The van der Waals surface area contributed by atoms with Gasteiger partial charge in [0.15, 0.2) is 0 Å². The second kappa shape index (κ2) is 5.89. The summed E-state index contributed by atoms with van der Waals surface area (Å²) in [5.74, 6) is 3.04. The zero-order chi connectivity index (χ0) is 14.2. The average Bonchev–Trinajstić information content (AvgIpc) is 2.37. The lowest BCUT2D eigenvalue weighted by Gasteiger charge is -2.54. The Kier molecular flexibility index (Phi) is 4.34. The van der Waals surface area contributed by atoms with E-state index >= 15 is 0 Å². The van der Waals surface area contributed by atoms with Gasteiger partial charge in [-0.25, -0.2) is 0 Å². The lowest BCUT2D eigenvalue weighted by atomic mass is 9.56. The van der Waals surface area contributed by atoms with Crippen LogP contribution in [0.5, 0.6) is 0 Å². The number of hydrogen-bond donors (Lipinski definition) is 0. The van der Waals surface area contributed by atoms with E-state index in [0.29, 0.717) is 0 Å². The van der Waals surface area contributed by atoms with Crippen LogP contribution in [-0.2, 0) is 0 Å². The highest BCUT2D eigenvalue weighted by molar-refractivity contribution is 6.24. The molecule has 1 aromatic rings. The number of halogens is 2. The third kappa shape index (κ3) is 3.34. The molecule has 4 aliphatic carbocycles. The molecule has 0 N–H and O–H groups in total. The van der Waals surface area contributed by atoms with Crippen molar-refractivity contribution in [3.05, 3.63) is 35.9 Å². The van der Waals surface area contributed by atoms with Gasteiger partial charge in [0.1, 0.15) is 0 Å². The zero-order valence-electron chi connectivity index (χ0n) is 12.2. The summed E-state index contributed by atoms with van der Waals surface area (Å²) in [7, 11) is 0. The molecule has 20 heavy (non-hydrogen) atoms. The van der Waals surface area contributed by atoms with Gasteiger partial charge in [-0.1, -0.05) is 30.3 Å². The molecule has 0 radical (unpaired) electrons. The molecule has 1 atom stereocenters. The minimum Gasteiger partial charge on any atom is -0.119 e. The Hall–Kier alpha value is -0.200. The van der Waals surface area contributed by atoms with E-state index in [1.807, 2.05) is 37.3 Å². The van der Waals surface area contributed by atoms with Crippen LogP contribution in [-0.4, -0.2) is 4.87 Å². The van der Waals surface area contributed by atoms with Crippen molar-refractivity contribution in [3.63, 3.8) is 0 Å². The molecule has 4 aliphatic rings. The normalized spacial score (nSPS) is 39.0. The van der Waals surface area contributed by atoms with Crippen LogP contribution in [0.3, 0.4) is 0 Å². The maximum atomic E-state index is 6.53. The highest BCUT2D eigenvalue weighted by atomic mass is 35.5. The molecule has 1 aromatic carbocycles. The molecule has 5 rings (SSSR count). The first kappa shape index (κ1) is 14.7. The van der Waals surface area contributed by atoms with Crippen molar-refractivity contribution in [3.8, 4) is 0 Å². The van der Waals surface area contributed by atoms with Gasteiger partial charge in [-0.3, -0.25) is 0 Å². The van der Waals surface area contributed by atoms with Crippen LogP contribution in [0.4, 0.5) is 0 Å². The van der Waals surface area contributed by atoms with Crippen molar-refractivity contribution < 1.29 is 0 Å². The van der Waals surface area contributed by atoms with Gasteiger partial charge in [0.2, 0.25) is 0 Å². The predicted octanol–water partition coefficient (Wildman–Crippen LogP) is 6.18. The Balaban J connectivity index is 0.000000124. The number of rotatable bonds is 1. The molecule has 0 saturated heterocycles. The maximum Gasteiger partial charge on any atom is 0.0557 e. The minimum atomic E-state index is 0.131. The lowest BCUT2D eigenvalue weighted by Crippen LogP contribution is -2.47. The average molecular weight is 311 g/mol. The van der Waals surface area contributed by atoms with Crippen molar-refractivity contribution in [2.24, 2.45) is 17.8 Å². The van der Waals surface area contributed by atoms with Crippen molar-refractivity contribution in [1.82, 2.24) is 0 Å². The van der Waals surface area contributed by atoms with Crippen LogP contribution >= 0.6 is 23.2 Å². The van der Waals surface area contributed by atoms with Crippen LogP contribution in [0.2, 0.25) is 0 Å². The maximum absolute atomic E-state index is 6.53. The molecular formula is C18H24Cl2. The highest BCUT2D eigenvalue weighted by Crippen LogP contribution is 2.58. The van der Waals surface area contributed by atoms with Crippen LogP contribution in [0.1, 0.15) is 56.4 Å². The van der Waals surface area contributed by atoms with Crippen molar-refractivity contribution in [2.75, 3.05) is 0 Å². The van der Waals surface area contributed by atoms with Crippen LogP contribution in [0, 0.1) is 17.8 Å². The first-order valence-corrected chi connectivity index (χ1v) is 8.73. The number of benzene rings is 1. The van der Waals surface area contributed by atoms with Crippen LogP contribution < -0.4 is 0 Å². The van der Waals surface area contributed by atoms with Gasteiger partial charge >= 0.3 is 0 Å². The topological polar surface area (TPSA) is 0 Å². The minimum absolute atomic E-state index is 0.131. The Bertz CT molecular complexity index is 403. The summed E-state index contributed by atoms with van der Waals surface area (Å²) < 4.78 is 0. The fourth-order valence-corrected chi connectivity index (χ4v) is 5.52. The summed E-state index contributed by atoms with van der Waals surface area (Å²) in [5, 5.41) is 0.131. The van der Waals surface area contributed by atoms with Crippen molar-refractivity contribution >= 4 is 23.2 Å². The van der Waals surface area contributed by atoms with Crippen molar-refractivity contribution in [2.45, 2.75) is 55.7 Å². The zero-order valence-corrected chi connectivity index (χ0v) is 13.7. The standard InChI is InChI=1S/C10H15Cl.C8H9Cl/c11-10-4-7-1-8(5-10)3-9(2-7)6-10;1-7(9)8-5-3-2-4-6-8/h7-9H,1-6H2;2-7H,1H3. The fourth-order valence-electron chi connectivity index (χ4n) is 4.72. The molecule has 110 valence electrons. The van der Waals surface area contributed by atoms with E-state index in [0.717, 1.165) is 17.8 Å². The molecule has 0 heterocycles. The largest absolute Gasteiger partial charge is 0.119 e.